The van der Waals surface area contributed by atoms with Crippen LogP contribution in [0.5, 0.6) is 0 Å². The molecule has 0 spiro atoms. The molecular weight excluding hydrogens is 414 g/mol. The number of rotatable bonds is 7. The summed E-state index contributed by atoms with van der Waals surface area (Å²) in [6, 6.07) is 7.60. The highest BCUT2D eigenvalue weighted by Gasteiger charge is 2.32. The van der Waals surface area contributed by atoms with Gasteiger partial charge in [-0.05, 0) is 56.7 Å². The summed E-state index contributed by atoms with van der Waals surface area (Å²) in [5.41, 5.74) is 1.68. The maximum absolute atomic E-state index is 13.1. The van der Waals surface area contributed by atoms with Crippen LogP contribution >= 0.6 is 0 Å². The van der Waals surface area contributed by atoms with E-state index in [9.17, 15) is 13.2 Å². The number of nitrogens with zero attached hydrogens (tertiary/aromatic N) is 4. The summed E-state index contributed by atoms with van der Waals surface area (Å²) in [6.45, 7) is 7.88. The Morgan fingerprint density at radius 3 is 2.55 bits per heavy atom. The van der Waals surface area contributed by atoms with E-state index in [1.807, 2.05) is 41.6 Å². The van der Waals surface area contributed by atoms with Gasteiger partial charge in [-0.15, -0.1) is 0 Å². The van der Waals surface area contributed by atoms with Crippen LogP contribution in [0.3, 0.4) is 0 Å². The highest BCUT2D eigenvalue weighted by Crippen LogP contribution is 2.40. The highest BCUT2D eigenvalue weighted by molar-refractivity contribution is 7.89. The molecule has 1 atom stereocenters. The number of piperazine rings is 1. The van der Waals surface area contributed by atoms with E-state index in [0.29, 0.717) is 37.0 Å². The van der Waals surface area contributed by atoms with Gasteiger partial charge in [0.25, 0.3) is 0 Å². The fourth-order valence-corrected chi connectivity index (χ4v) is 5.89. The quantitative estimate of drug-likeness (QED) is 0.707. The molecule has 1 N–H and O–H groups in total. The summed E-state index contributed by atoms with van der Waals surface area (Å²) in [5.74, 6) is 1.26. The Bertz CT molecular complexity index is 1050. The average molecular weight is 446 g/mol. The number of aromatic nitrogens is 2. The summed E-state index contributed by atoms with van der Waals surface area (Å²) < 4.78 is 29.6. The zero-order chi connectivity index (χ0) is 22.2. The third-order valence-corrected chi connectivity index (χ3v) is 8.33. The Morgan fingerprint density at radius 2 is 1.87 bits per heavy atom. The number of hydrogen-bond acceptors (Lipinski definition) is 5. The molecule has 1 saturated carbocycles. The van der Waals surface area contributed by atoms with Crippen molar-refractivity contribution in [1.82, 2.24) is 19.0 Å². The number of nitrogens with one attached hydrogen (secondary N) is 1. The van der Waals surface area contributed by atoms with Crippen molar-refractivity contribution in [3.05, 3.63) is 41.6 Å². The Hall–Kier alpha value is -2.23. The standard InChI is InChI=1S/C22H31N5O3S/c1-16-4-5-17(2)20(14-16)31(29,30)26-12-10-25(11-13-26)15-22(28)24-21-8-9-23-27(21)18(3)19-6-7-19/h4-5,8-9,14,18-19H,6-7,10-13,15H2,1-3H3,(H,24,28). The SMILES string of the molecule is Cc1ccc(C)c(S(=O)(=O)N2CCN(CC(=O)Nc3ccnn3C(C)C3CC3)CC2)c1. The van der Waals surface area contributed by atoms with Gasteiger partial charge in [-0.2, -0.15) is 9.40 Å². The van der Waals surface area contributed by atoms with Crippen LogP contribution in [-0.4, -0.2) is 66.0 Å². The van der Waals surface area contributed by atoms with Crippen molar-refractivity contribution in [2.45, 2.75) is 44.6 Å². The summed E-state index contributed by atoms with van der Waals surface area (Å²) in [5, 5.41) is 7.34. The lowest BCUT2D eigenvalue weighted by atomic mass is 10.2. The lowest BCUT2D eigenvalue weighted by Crippen LogP contribution is -2.50. The molecule has 1 aliphatic carbocycles. The third-order valence-electron chi connectivity index (χ3n) is 6.29. The topological polar surface area (TPSA) is 87.5 Å². The molecule has 0 bridgehead atoms. The van der Waals surface area contributed by atoms with Gasteiger partial charge in [0.2, 0.25) is 15.9 Å². The van der Waals surface area contributed by atoms with E-state index in [-0.39, 0.29) is 18.5 Å². The van der Waals surface area contributed by atoms with E-state index >= 15 is 0 Å². The zero-order valence-corrected chi connectivity index (χ0v) is 19.2. The number of carbonyl (C=O) groups is 1. The van der Waals surface area contributed by atoms with Gasteiger partial charge >= 0.3 is 0 Å². The van der Waals surface area contributed by atoms with Crippen LogP contribution in [-0.2, 0) is 14.8 Å². The Morgan fingerprint density at radius 1 is 1.16 bits per heavy atom. The maximum Gasteiger partial charge on any atom is 0.243 e. The number of aryl methyl sites for hydroxylation is 2. The van der Waals surface area contributed by atoms with E-state index < -0.39 is 10.0 Å². The average Bonchev–Trinajstić information content (AvgIpc) is 3.49. The molecular formula is C22H31N5O3S. The largest absolute Gasteiger partial charge is 0.310 e. The molecule has 2 aromatic rings. The van der Waals surface area contributed by atoms with Gasteiger partial charge in [-0.3, -0.25) is 9.69 Å². The number of amides is 1. The molecule has 1 amide bonds. The number of hydrogen-bond donors (Lipinski definition) is 1. The smallest absolute Gasteiger partial charge is 0.243 e. The minimum atomic E-state index is -3.53. The Labute approximate surface area is 184 Å². The van der Waals surface area contributed by atoms with Gasteiger partial charge in [0, 0.05) is 32.2 Å². The van der Waals surface area contributed by atoms with Crippen LogP contribution < -0.4 is 5.32 Å². The van der Waals surface area contributed by atoms with Crippen molar-refractivity contribution >= 4 is 21.7 Å². The van der Waals surface area contributed by atoms with Crippen LogP contribution in [0.1, 0.15) is 36.9 Å². The lowest BCUT2D eigenvalue weighted by Gasteiger charge is -2.33. The van der Waals surface area contributed by atoms with Gasteiger partial charge in [0.1, 0.15) is 5.82 Å². The molecule has 2 heterocycles. The summed E-state index contributed by atoms with van der Waals surface area (Å²) in [4.78, 5) is 15.0. The minimum absolute atomic E-state index is 0.101. The lowest BCUT2D eigenvalue weighted by molar-refractivity contribution is -0.117. The van der Waals surface area contributed by atoms with Gasteiger partial charge in [0.15, 0.2) is 0 Å². The van der Waals surface area contributed by atoms with Crippen LogP contribution in [0.2, 0.25) is 0 Å². The third kappa shape index (κ3) is 4.83. The molecule has 168 valence electrons. The second kappa shape index (κ2) is 8.72. The monoisotopic (exact) mass is 445 g/mol. The van der Waals surface area contributed by atoms with Gasteiger partial charge in [-0.1, -0.05) is 12.1 Å². The normalized spacial score (nSPS) is 19.3. The fourth-order valence-electron chi connectivity index (χ4n) is 4.15. The van der Waals surface area contributed by atoms with E-state index in [4.69, 9.17) is 0 Å². The molecule has 1 saturated heterocycles. The van der Waals surface area contributed by atoms with Crippen molar-refractivity contribution in [2.75, 3.05) is 38.0 Å². The number of benzene rings is 1. The first-order chi connectivity index (χ1) is 14.8. The van der Waals surface area contributed by atoms with Crippen molar-refractivity contribution in [3.63, 3.8) is 0 Å². The fraction of sp³-hybridized carbons (Fsp3) is 0.545. The predicted molar refractivity (Wildman–Crippen MR) is 119 cm³/mol. The molecule has 2 aliphatic rings. The van der Waals surface area contributed by atoms with Crippen LogP contribution in [0.25, 0.3) is 0 Å². The molecule has 1 unspecified atom stereocenters. The van der Waals surface area contributed by atoms with Crippen molar-refractivity contribution < 1.29 is 13.2 Å². The predicted octanol–water partition coefficient (Wildman–Crippen LogP) is 2.42. The molecule has 1 aliphatic heterocycles. The van der Waals surface area contributed by atoms with E-state index in [0.717, 1.165) is 16.9 Å². The number of sulfonamides is 1. The second-order valence-electron chi connectivity index (χ2n) is 8.74. The van der Waals surface area contributed by atoms with Crippen LogP contribution in [0, 0.1) is 19.8 Å². The van der Waals surface area contributed by atoms with E-state index in [1.165, 1.54) is 17.1 Å². The van der Waals surface area contributed by atoms with E-state index in [1.54, 1.807) is 12.3 Å². The summed E-state index contributed by atoms with van der Waals surface area (Å²) in [6.07, 6.45) is 4.14. The molecule has 9 heteroatoms. The van der Waals surface area contributed by atoms with Crippen molar-refractivity contribution in [2.24, 2.45) is 5.92 Å². The van der Waals surface area contributed by atoms with Crippen LogP contribution in [0.4, 0.5) is 5.82 Å². The summed E-state index contributed by atoms with van der Waals surface area (Å²) in [7, 11) is -3.53. The molecule has 4 rings (SSSR count). The van der Waals surface area contributed by atoms with Gasteiger partial charge in [-0.25, -0.2) is 13.1 Å². The molecule has 1 aromatic heterocycles. The van der Waals surface area contributed by atoms with Crippen LogP contribution in [0.15, 0.2) is 35.4 Å². The number of carbonyl (C=O) groups excluding carboxylic acids is 1. The summed E-state index contributed by atoms with van der Waals surface area (Å²) >= 11 is 0. The molecule has 0 radical (unpaired) electrons. The first-order valence-corrected chi connectivity index (χ1v) is 12.3. The van der Waals surface area contributed by atoms with Gasteiger partial charge < -0.3 is 5.32 Å². The first-order valence-electron chi connectivity index (χ1n) is 10.9. The first kappa shape index (κ1) is 22.0. The second-order valence-corrected chi connectivity index (χ2v) is 10.6. The highest BCUT2D eigenvalue weighted by atomic mass is 32.2. The molecule has 8 nitrogen and oxygen atoms in total. The van der Waals surface area contributed by atoms with E-state index in [2.05, 4.69) is 17.3 Å². The molecule has 31 heavy (non-hydrogen) atoms. The minimum Gasteiger partial charge on any atom is -0.310 e. The number of anilines is 1. The van der Waals surface area contributed by atoms with Crippen molar-refractivity contribution in [1.29, 1.82) is 0 Å². The maximum atomic E-state index is 13.1. The zero-order valence-electron chi connectivity index (χ0n) is 18.4. The Balaban J connectivity index is 1.33. The molecule has 1 aromatic carbocycles. The van der Waals surface area contributed by atoms with Crippen molar-refractivity contribution in [3.8, 4) is 0 Å². The Kier molecular flexibility index (Phi) is 6.18. The molecule has 2 fully saturated rings. The van der Waals surface area contributed by atoms with Gasteiger partial charge in [0.05, 0.1) is 23.7 Å².